The van der Waals surface area contributed by atoms with Gasteiger partial charge in [0.25, 0.3) is 5.91 Å². The summed E-state index contributed by atoms with van der Waals surface area (Å²) in [4.78, 5) is 41.9. The topological polar surface area (TPSA) is 93.6 Å². The average Bonchev–Trinajstić information content (AvgIpc) is 3.29. The van der Waals surface area contributed by atoms with E-state index in [-0.39, 0.29) is 11.9 Å². The largest absolute Gasteiger partial charge is 0.486 e. The number of aryl methyl sites for hydroxylation is 1. The summed E-state index contributed by atoms with van der Waals surface area (Å²) in [6.45, 7) is 3.89. The van der Waals surface area contributed by atoms with E-state index in [9.17, 15) is 14.4 Å². The summed E-state index contributed by atoms with van der Waals surface area (Å²) in [6.07, 6.45) is 1.77. The van der Waals surface area contributed by atoms with Crippen molar-refractivity contribution in [1.82, 2.24) is 14.5 Å². The summed E-state index contributed by atoms with van der Waals surface area (Å²) in [5.41, 5.74) is 1.31. The summed E-state index contributed by atoms with van der Waals surface area (Å²) in [7, 11) is 0. The van der Waals surface area contributed by atoms with E-state index in [1.807, 2.05) is 30.0 Å². The highest BCUT2D eigenvalue weighted by Gasteiger charge is 2.31. The number of benzene rings is 2. The number of rotatable bonds is 3. The Labute approximate surface area is 178 Å². The zero-order valence-corrected chi connectivity index (χ0v) is 17.2. The van der Waals surface area contributed by atoms with E-state index in [2.05, 4.69) is 4.98 Å². The van der Waals surface area contributed by atoms with Gasteiger partial charge in [0.2, 0.25) is 0 Å². The van der Waals surface area contributed by atoms with E-state index >= 15 is 0 Å². The van der Waals surface area contributed by atoms with Gasteiger partial charge in [0.15, 0.2) is 11.5 Å². The number of H-pyrrole nitrogens is 1. The number of likely N-dealkylation sites (tertiary alicyclic amines) is 1. The molecule has 2 aliphatic rings. The zero-order chi connectivity index (χ0) is 21.5. The number of carbonyl (C=O) groups is 1. The molecule has 8 nitrogen and oxygen atoms in total. The monoisotopic (exact) mass is 421 g/mol. The van der Waals surface area contributed by atoms with Crippen LogP contribution in [0, 0.1) is 0 Å². The molecule has 1 amide bonds. The van der Waals surface area contributed by atoms with Gasteiger partial charge in [-0.3, -0.25) is 14.4 Å². The molecule has 2 aromatic carbocycles. The summed E-state index contributed by atoms with van der Waals surface area (Å²) in [6, 6.07) is 10.9. The fraction of sp³-hybridized carbons (Fsp3) is 0.348. The van der Waals surface area contributed by atoms with E-state index in [1.165, 1.54) is 4.57 Å². The second-order valence-electron chi connectivity index (χ2n) is 7.80. The lowest BCUT2D eigenvalue weighted by Crippen LogP contribution is -2.36. The Kier molecular flexibility index (Phi) is 4.77. The number of aromatic amines is 1. The van der Waals surface area contributed by atoms with Crippen molar-refractivity contribution in [3.8, 4) is 11.5 Å². The van der Waals surface area contributed by atoms with Gasteiger partial charge in [-0.2, -0.15) is 0 Å². The van der Waals surface area contributed by atoms with Crippen molar-refractivity contribution < 1.29 is 14.3 Å². The third-order valence-corrected chi connectivity index (χ3v) is 6.00. The van der Waals surface area contributed by atoms with Crippen molar-refractivity contribution in [2.75, 3.05) is 19.8 Å². The Morgan fingerprint density at radius 2 is 1.90 bits per heavy atom. The van der Waals surface area contributed by atoms with Crippen LogP contribution in [-0.4, -0.2) is 40.1 Å². The third-order valence-electron chi connectivity index (χ3n) is 6.00. The van der Waals surface area contributed by atoms with Gasteiger partial charge in [0, 0.05) is 18.7 Å². The van der Waals surface area contributed by atoms with Gasteiger partial charge < -0.3 is 23.9 Å². The van der Waals surface area contributed by atoms with Crippen LogP contribution in [0.3, 0.4) is 0 Å². The van der Waals surface area contributed by atoms with Crippen LogP contribution in [0.1, 0.15) is 41.7 Å². The summed E-state index contributed by atoms with van der Waals surface area (Å²) < 4.78 is 12.7. The van der Waals surface area contributed by atoms with Crippen LogP contribution in [0.15, 0.2) is 46.0 Å². The van der Waals surface area contributed by atoms with Crippen molar-refractivity contribution in [2.45, 2.75) is 32.4 Å². The normalized spacial score (nSPS) is 17.8. The van der Waals surface area contributed by atoms with Crippen LogP contribution in [-0.2, 0) is 6.54 Å². The predicted octanol–water partition coefficient (Wildman–Crippen LogP) is 2.46. The maximum absolute atomic E-state index is 13.4. The van der Waals surface area contributed by atoms with Gasteiger partial charge in [-0.05, 0) is 55.7 Å². The summed E-state index contributed by atoms with van der Waals surface area (Å²) >= 11 is 0. The van der Waals surface area contributed by atoms with Crippen LogP contribution in [0.25, 0.3) is 11.0 Å². The molecule has 0 radical (unpaired) electrons. The highest BCUT2D eigenvalue weighted by molar-refractivity contribution is 5.97. The first-order chi connectivity index (χ1) is 15.1. The highest BCUT2D eigenvalue weighted by Crippen LogP contribution is 2.38. The molecule has 0 unspecified atom stereocenters. The minimum atomic E-state index is -0.686. The molecule has 0 saturated carbocycles. The van der Waals surface area contributed by atoms with Crippen LogP contribution in [0.5, 0.6) is 11.5 Å². The van der Waals surface area contributed by atoms with Gasteiger partial charge in [0.1, 0.15) is 13.2 Å². The number of nitrogens with one attached hydrogen (secondary N) is 1. The molecule has 1 aromatic heterocycles. The molecule has 0 bridgehead atoms. The van der Waals surface area contributed by atoms with Crippen LogP contribution < -0.4 is 20.6 Å². The lowest BCUT2D eigenvalue weighted by atomic mass is 10.0. The molecule has 31 heavy (non-hydrogen) atoms. The minimum Gasteiger partial charge on any atom is -0.486 e. The van der Waals surface area contributed by atoms with Crippen LogP contribution >= 0.6 is 0 Å². The molecule has 1 fully saturated rings. The first-order valence-corrected chi connectivity index (χ1v) is 10.5. The molecule has 160 valence electrons. The van der Waals surface area contributed by atoms with E-state index < -0.39 is 11.1 Å². The van der Waals surface area contributed by atoms with Gasteiger partial charge in [-0.1, -0.05) is 6.07 Å². The fourth-order valence-electron chi connectivity index (χ4n) is 4.52. The second kappa shape index (κ2) is 7.61. The van der Waals surface area contributed by atoms with Crippen molar-refractivity contribution >= 4 is 16.9 Å². The Morgan fingerprint density at radius 3 is 2.71 bits per heavy atom. The first-order valence-electron chi connectivity index (χ1n) is 10.5. The number of fused-ring (bicyclic) bond motifs is 2. The Balaban J connectivity index is 1.49. The minimum absolute atomic E-state index is 0.0531. The molecule has 5 rings (SSSR count). The lowest BCUT2D eigenvalue weighted by molar-refractivity contribution is 0.0735. The Morgan fingerprint density at radius 1 is 1.10 bits per heavy atom. The fourth-order valence-corrected chi connectivity index (χ4v) is 4.52. The standard InChI is InChI=1S/C23H23N3O5/c1-2-25-18-7-5-15(12-16(18)24-21(27)23(25)29)22(28)26-9-3-4-17(26)14-6-8-19-20(13-14)31-11-10-30-19/h5-8,12-13,17H,2-4,9-11H2,1H3,(H,24,27)/t17-/m1/s1. The SMILES string of the molecule is CCn1c(=O)c(=O)[nH]c2cc(C(=O)N3CCC[C@@H]3c3ccc4c(c3)OCCO4)ccc21. The van der Waals surface area contributed by atoms with Crippen LogP contribution in [0.2, 0.25) is 0 Å². The maximum Gasteiger partial charge on any atom is 0.316 e. The maximum atomic E-state index is 13.4. The number of nitrogens with zero attached hydrogens (tertiary/aromatic N) is 2. The molecule has 1 saturated heterocycles. The molecule has 0 aliphatic carbocycles. The molecule has 1 N–H and O–H groups in total. The van der Waals surface area contributed by atoms with E-state index in [1.54, 1.807) is 18.2 Å². The molecular weight excluding hydrogens is 398 g/mol. The first kappa shape index (κ1) is 19.4. The van der Waals surface area contributed by atoms with Crippen molar-refractivity contribution in [3.63, 3.8) is 0 Å². The quantitative estimate of drug-likeness (QED) is 0.656. The summed E-state index contributed by atoms with van der Waals surface area (Å²) in [5.74, 6) is 1.34. The Hall–Kier alpha value is -3.55. The lowest BCUT2D eigenvalue weighted by Gasteiger charge is -2.27. The molecule has 1 atom stereocenters. The van der Waals surface area contributed by atoms with Gasteiger partial charge >= 0.3 is 11.1 Å². The van der Waals surface area contributed by atoms with Gasteiger partial charge in [0.05, 0.1) is 17.1 Å². The Bertz CT molecular complexity index is 1290. The zero-order valence-electron chi connectivity index (χ0n) is 17.2. The smallest absolute Gasteiger partial charge is 0.316 e. The van der Waals surface area contributed by atoms with Crippen molar-refractivity contribution in [3.05, 3.63) is 68.2 Å². The van der Waals surface area contributed by atoms with E-state index in [4.69, 9.17) is 9.47 Å². The number of amides is 1. The molecule has 0 spiro atoms. The van der Waals surface area contributed by atoms with Crippen molar-refractivity contribution in [1.29, 1.82) is 0 Å². The summed E-state index contributed by atoms with van der Waals surface area (Å²) in [5, 5.41) is 0. The number of hydrogen-bond acceptors (Lipinski definition) is 5. The number of ether oxygens (including phenoxy) is 2. The highest BCUT2D eigenvalue weighted by atomic mass is 16.6. The average molecular weight is 421 g/mol. The third kappa shape index (κ3) is 3.28. The second-order valence-corrected chi connectivity index (χ2v) is 7.80. The van der Waals surface area contributed by atoms with E-state index in [0.717, 1.165) is 24.2 Å². The van der Waals surface area contributed by atoms with Crippen LogP contribution in [0.4, 0.5) is 0 Å². The van der Waals surface area contributed by atoms with Gasteiger partial charge in [-0.25, -0.2) is 0 Å². The molecular formula is C23H23N3O5. The van der Waals surface area contributed by atoms with Gasteiger partial charge in [-0.15, -0.1) is 0 Å². The molecule has 3 aromatic rings. The molecule has 3 heterocycles. The van der Waals surface area contributed by atoms with E-state index in [0.29, 0.717) is 48.6 Å². The molecule has 8 heteroatoms. The molecule has 2 aliphatic heterocycles. The number of carbonyl (C=O) groups excluding carboxylic acids is 1. The predicted molar refractivity (Wildman–Crippen MR) is 115 cm³/mol. The number of hydrogen-bond donors (Lipinski definition) is 1. The number of aromatic nitrogens is 2. The van der Waals surface area contributed by atoms with Crippen molar-refractivity contribution in [2.24, 2.45) is 0 Å².